The fourth-order valence-electron chi connectivity index (χ4n) is 0.678. The van der Waals surface area contributed by atoms with E-state index >= 15 is 0 Å². The summed E-state index contributed by atoms with van der Waals surface area (Å²) in [5.74, 6) is -0.849. The molecule has 6 nitrogen and oxygen atoms in total. The third kappa shape index (κ3) is 5.48. The number of carbonyl (C=O) groups is 1. The number of guanidine groups is 1. The Balaban J connectivity index is 3.44. The Hall–Kier alpha value is -1.30. The van der Waals surface area contributed by atoms with E-state index < -0.39 is 12.0 Å². The number of rotatable bonds is 5. The molecule has 0 aromatic rings. The molecule has 0 spiro atoms. The Morgan fingerprint density at radius 3 is 2.50 bits per heavy atom. The Labute approximate surface area is 70.4 Å². The molecular weight excluding hydrogens is 160 g/mol. The minimum Gasteiger partial charge on any atom is -0.480 e. The lowest BCUT2D eigenvalue weighted by Crippen LogP contribution is -2.78. The van der Waals surface area contributed by atoms with Crippen LogP contribution in [0.4, 0.5) is 0 Å². The molecule has 0 saturated carbocycles. The summed E-state index contributed by atoms with van der Waals surface area (Å²) in [5.41, 5.74) is 15.4. The zero-order chi connectivity index (χ0) is 9.56. The Kier molecular flexibility index (Phi) is 4.78. The van der Waals surface area contributed by atoms with Crippen molar-refractivity contribution in [3.63, 3.8) is 0 Å². The largest absolute Gasteiger partial charge is 0.480 e. The van der Waals surface area contributed by atoms with Gasteiger partial charge in [-0.25, -0.2) is 0 Å². The van der Waals surface area contributed by atoms with Gasteiger partial charge in [-0.3, -0.25) is 21.3 Å². The highest BCUT2D eigenvalue weighted by Crippen LogP contribution is 1.90. The summed E-state index contributed by atoms with van der Waals surface area (Å²) in [7, 11) is 0. The molecule has 12 heavy (non-hydrogen) atoms. The second-order valence-electron chi connectivity index (χ2n) is 2.47. The van der Waals surface area contributed by atoms with Crippen molar-refractivity contribution in [1.82, 2.24) is 0 Å². The lowest BCUT2D eigenvalue weighted by Gasteiger charge is -2.02. The summed E-state index contributed by atoms with van der Waals surface area (Å²) in [4.78, 5) is 12.9. The van der Waals surface area contributed by atoms with E-state index in [0.717, 1.165) is 0 Å². The topological polar surface area (TPSA) is 129 Å². The molecule has 0 saturated heterocycles. The van der Waals surface area contributed by atoms with Gasteiger partial charge in [0.2, 0.25) is 0 Å². The van der Waals surface area contributed by atoms with Gasteiger partial charge < -0.3 is 10.8 Å². The molecule has 1 unspecified atom stereocenters. The molecule has 1 atom stereocenters. The van der Waals surface area contributed by atoms with E-state index in [0.29, 0.717) is 19.4 Å². The summed E-state index contributed by atoms with van der Waals surface area (Å²) in [6.07, 6.45) is 1.04. The van der Waals surface area contributed by atoms with Crippen molar-refractivity contribution in [1.29, 1.82) is 0 Å². The second kappa shape index (κ2) is 5.36. The number of aliphatic carboxylic acids is 1. The molecule has 0 bridgehead atoms. The van der Waals surface area contributed by atoms with Crippen molar-refractivity contribution in [2.45, 2.75) is 18.9 Å². The van der Waals surface area contributed by atoms with Crippen LogP contribution < -0.4 is 22.2 Å². The Bertz CT molecular complexity index is 176. The van der Waals surface area contributed by atoms with E-state index in [1.165, 1.54) is 0 Å². The van der Waals surface area contributed by atoms with Gasteiger partial charge in [-0.2, -0.15) is 0 Å². The fraction of sp³-hybridized carbons (Fsp3) is 0.667. The summed E-state index contributed by atoms with van der Waals surface area (Å²) in [6.45, 7) is 0.545. The van der Waals surface area contributed by atoms with E-state index in [-0.39, 0.29) is 5.96 Å². The molecular formula is C6H15N4O2+. The Morgan fingerprint density at radius 1 is 1.50 bits per heavy atom. The molecule has 0 aliphatic carbocycles. The van der Waals surface area contributed by atoms with Crippen molar-refractivity contribution in [3.05, 3.63) is 0 Å². The van der Waals surface area contributed by atoms with Crippen molar-refractivity contribution in [2.24, 2.45) is 17.2 Å². The van der Waals surface area contributed by atoms with Crippen LogP contribution in [0.15, 0.2) is 0 Å². The van der Waals surface area contributed by atoms with Gasteiger partial charge in [0.25, 0.3) is 0 Å². The van der Waals surface area contributed by atoms with Gasteiger partial charge in [-0.1, -0.05) is 0 Å². The second-order valence-corrected chi connectivity index (χ2v) is 2.47. The number of hydrogen-bond acceptors (Lipinski definition) is 2. The minimum atomic E-state index is -0.986. The predicted molar refractivity (Wildman–Crippen MR) is 44.1 cm³/mol. The number of carboxylic acid groups (broad SMARTS) is 1. The lowest BCUT2D eigenvalue weighted by atomic mass is 10.2. The maximum atomic E-state index is 10.2. The van der Waals surface area contributed by atoms with Crippen LogP contribution in [-0.4, -0.2) is 29.6 Å². The van der Waals surface area contributed by atoms with Crippen LogP contribution in [0.5, 0.6) is 0 Å². The van der Waals surface area contributed by atoms with E-state index in [2.05, 4.69) is 4.99 Å². The number of carboxylic acids is 1. The molecule has 0 radical (unpaired) electrons. The highest BCUT2D eigenvalue weighted by Gasteiger charge is 2.09. The number of nitrogens with two attached hydrogens (primary N) is 3. The first-order valence-electron chi connectivity index (χ1n) is 3.64. The van der Waals surface area contributed by atoms with Crippen LogP contribution >= 0.6 is 0 Å². The first kappa shape index (κ1) is 10.7. The first-order chi connectivity index (χ1) is 5.54. The summed E-state index contributed by atoms with van der Waals surface area (Å²) in [6, 6.07) is -0.800. The average Bonchev–Trinajstić information content (AvgIpc) is 1.97. The SMILES string of the molecule is NC(N)=[NH+]CCCC(N)C(=O)O. The highest BCUT2D eigenvalue weighted by molar-refractivity contribution is 5.72. The van der Waals surface area contributed by atoms with Gasteiger partial charge in [0, 0.05) is 0 Å². The normalized spacial score (nSPS) is 12.1. The fourth-order valence-corrected chi connectivity index (χ4v) is 0.678. The van der Waals surface area contributed by atoms with Gasteiger partial charge in [-0.05, 0) is 12.8 Å². The van der Waals surface area contributed by atoms with Gasteiger partial charge in [0.15, 0.2) is 0 Å². The first-order valence-corrected chi connectivity index (χ1v) is 3.64. The minimum absolute atomic E-state index is 0.138. The van der Waals surface area contributed by atoms with Gasteiger partial charge >= 0.3 is 11.9 Å². The number of hydrogen-bond donors (Lipinski definition) is 5. The van der Waals surface area contributed by atoms with Crippen molar-refractivity contribution in [2.75, 3.05) is 6.54 Å². The zero-order valence-electron chi connectivity index (χ0n) is 6.79. The monoisotopic (exact) mass is 175 g/mol. The van der Waals surface area contributed by atoms with Crippen LogP contribution in [0.3, 0.4) is 0 Å². The van der Waals surface area contributed by atoms with Gasteiger partial charge in [-0.15, -0.1) is 0 Å². The molecule has 0 fully saturated rings. The standard InChI is InChI=1S/C6H14N4O2/c7-4(5(11)12)2-1-3-10-6(8)9/h4H,1-3,7H2,(H,11,12)(H4,8,9,10)/p+1. The molecule has 0 aliphatic heterocycles. The van der Waals surface area contributed by atoms with Crippen LogP contribution in [0, 0.1) is 0 Å². The average molecular weight is 175 g/mol. The summed E-state index contributed by atoms with van der Waals surface area (Å²) >= 11 is 0. The van der Waals surface area contributed by atoms with Crippen LogP contribution in [0.1, 0.15) is 12.8 Å². The third-order valence-electron chi connectivity index (χ3n) is 1.34. The van der Waals surface area contributed by atoms with Crippen LogP contribution in [0.2, 0.25) is 0 Å². The van der Waals surface area contributed by atoms with E-state index in [9.17, 15) is 4.79 Å². The van der Waals surface area contributed by atoms with Crippen molar-refractivity contribution in [3.8, 4) is 0 Å². The van der Waals surface area contributed by atoms with Gasteiger partial charge in [0.1, 0.15) is 6.04 Å². The predicted octanol–water partition coefficient (Wildman–Crippen LogP) is -3.47. The molecule has 0 rings (SSSR count). The number of nitrogens with one attached hydrogen (secondary N) is 1. The van der Waals surface area contributed by atoms with E-state index in [1.807, 2.05) is 0 Å². The lowest BCUT2D eigenvalue weighted by molar-refractivity contribution is -0.459. The molecule has 0 heterocycles. The molecule has 6 heteroatoms. The quantitative estimate of drug-likeness (QED) is 0.168. The van der Waals surface area contributed by atoms with Crippen LogP contribution in [-0.2, 0) is 4.79 Å². The van der Waals surface area contributed by atoms with Gasteiger partial charge in [0.05, 0.1) is 6.54 Å². The highest BCUT2D eigenvalue weighted by atomic mass is 16.4. The van der Waals surface area contributed by atoms with E-state index in [4.69, 9.17) is 22.3 Å². The summed E-state index contributed by atoms with van der Waals surface area (Å²) < 4.78 is 0. The third-order valence-corrected chi connectivity index (χ3v) is 1.34. The summed E-state index contributed by atoms with van der Waals surface area (Å²) in [5, 5.41) is 8.39. The maximum absolute atomic E-state index is 10.2. The molecule has 70 valence electrons. The molecule has 0 aromatic heterocycles. The van der Waals surface area contributed by atoms with Crippen molar-refractivity contribution < 1.29 is 14.9 Å². The van der Waals surface area contributed by atoms with Crippen molar-refractivity contribution >= 4 is 11.9 Å². The maximum Gasteiger partial charge on any atom is 0.338 e. The molecule has 0 aliphatic rings. The van der Waals surface area contributed by atoms with E-state index in [1.54, 1.807) is 0 Å². The molecule has 0 aromatic carbocycles. The zero-order valence-corrected chi connectivity index (χ0v) is 6.79. The molecule has 8 N–H and O–H groups in total. The molecule has 0 amide bonds. The van der Waals surface area contributed by atoms with Crippen LogP contribution in [0.25, 0.3) is 0 Å². The smallest absolute Gasteiger partial charge is 0.338 e. The Morgan fingerprint density at radius 2 is 2.08 bits per heavy atom.